The molecule has 1 atom stereocenters. The second-order valence-electron chi connectivity index (χ2n) is 8.96. The molecule has 0 radical (unpaired) electrons. The molecule has 0 heterocycles. The summed E-state index contributed by atoms with van der Waals surface area (Å²) in [4.78, 5) is 23.9. The standard InChI is InChI=1S/C28H47NO4/c1-4-6-7-8-9-10-11-12-13-14-15-16-17-22-29-26-20-18-25(19-21-26)28(31)33-24(3)27(30)32-23-5-2/h18-21,24,29H,4-17,22-23H2,1-3H3. The highest BCUT2D eigenvalue weighted by atomic mass is 16.6. The maximum atomic E-state index is 12.2. The van der Waals surface area contributed by atoms with Gasteiger partial charge in [0.05, 0.1) is 12.2 Å². The number of hydrogen-bond donors (Lipinski definition) is 1. The Morgan fingerprint density at radius 2 is 1.27 bits per heavy atom. The van der Waals surface area contributed by atoms with E-state index >= 15 is 0 Å². The molecule has 0 saturated heterocycles. The average molecular weight is 462 g/mol. The zero-order chi connectivity index (χ0) is 24.2. The van der Waals surface area contributed by atoms with Gasteiger partial charge in [-0.15, -0.1) is 0 Å². The highest BCUT2D eigenvalue weighted by Gasteiger charge is 2.20. The summed E-state index contributed by atoms with van der Waals surface area (Å²) < 4.78 is 10.2. The molecule has 0 aliphatic heterocycles. The van der Waals surface area contributed by atoms with Gasteiger partial charge < -0.3 is 14.8 Å². The van der Waals surface area contributed by atoms with E-state index in [-0.39, 0.29) is 0 Å². The van der Waals surface area contributed by atoms with Crippen LogP contribution in [-0.2, 0) is 14.3 Å². The molecular formula is C28H47NO4. The van der Waals surface area contributed by atoms with Crippen LogP contribution in [0.5, 0.6) is 0 Å². The van der Waals surface area contributed by atoms with Crippen molar-refractivity contribution in [1.29, 1.82) is 0 Å². The van der Waals surface area contributed by atoms with Crippen LogP contribution >= 0.6 is 0 Å². The first-order chi connectivity index (χ1) is 16.1. The smallest absolute Gasteiger partial charge is 0.347 e. The Morgan fingerprint density at radius 1 is 0.758 bits per heavy atom. The van der Waals surface area contributed by atoms with E-state index in [0.29, 0.717) is 12.2 Å². The van der Waals surface area contributed by atoms with Crippen LogP contribution in [0.15, 0.2) is 24.3 Å². The van der Waals surface area contributed by atoms with E-state index in [1.165, 1.54) is 84.0 Å². The minimum absolute atomic E-state index is 0.334. The number of esters is 2. The quantitative estimate of drug-likeness (QED) is 0.159. The summed E-state index contributed by atoms with van der Waals surface area (Å²) in [5, 5.41) is 3.41. The van der Waals surface area contributed by atoms with Gasteiger partial charge in [-0.25, -0.2) is 9.59 Å². The fourth-order valence-electron chi connectivity index (χ4n) is 3.70. The van der Waals surface area contributed by atoms with Crippen LogP contribution in [0.2, 0.25) is 0 Å². The SMILES string of the molecule is CCCCCCCCCCCCCCCNc1ccc(C(=O)OC(C)C(=O)OCCC)cc1. The molecule has 5 nitrogen and oxygen atoms in total. The Morgan fingerprint density at radius 3 is 1.79 bits per heavy atom. The Labute approximate surface area is 202 Å². The van der Waals surface area contributed by atoms with E-state index in [2.05, 4.69) is 12.2 Å². The van der Waals surface area contributed by atoms with Gasteiger partial charge in [0.1, 0.15) is 0 Å². The molecule has 1 unspecified atom stereocenters. The first-order valence-electron chi connectivity index (χ1n) is 13.3. The number of benzene rings is 1. The summed E-state index contributed by atoms with van der Waals surface area (Å²) >= 11 is 0. The van der Waals surface area contributed by atoms with Gasteiger partial charge in [0.25, 0.3) is 0 Å². The van der Waals surface area contributed by atoms with Crippen molar-refractivity contribution in [3.8, 4) is 0 Å². The summed E-state index contributed by atoms with van der Waals surface area (Å²) in [6, 6.07) is 7.19. The number of ether oxygens (including phenoxy) is 2. The molecule has 1 aromatic rings. The molecule has 0 fully saturated rings. The third-order valence-electron chi connectivity index (χ3n) is 5.79. The van der Waals surface area contributed by atoms with Crippen molar-refractivity contribution < 1.29 is 19.1 Å². The van der Waals surface area contributed by atoms with Gasteiger partial charge in [0.2, 0.25) is 0 Å². The highest BCUT2D eigenvalue weighted by Crippen LogP contribution is 2.14. The molecule has 1 N–H and O–H groups in total. The second-order valence-corrected chi connectivity index (χ2v) is 8.96. The molecule has 1 rings (SSSR count). The molecule has 0 amide bonds. The molecule has 188 valence electrons. The van der Waals surface area contributed by atoms with Gasteiger partial charge >= 0.3 is 11.9 Å². The number of hydrogen-bond acceptors (Lipinski definition) is 5. The Balaban J connectivity index is 2.06. The lowest BCUT2D eigenvalue weighted by Gasteiger charge is -2.13. The van der Waals surface area contributed by atoms with Crippen molar-refractivity contribution in [3.63, 3.8) is 0 Å². The van der Waals surface area contributed by atoms with Crippen LogP contribution < -0.4 is 5.32 Å². The first-order valence-corrected chi connectivity index (χ1v) is 13.3. The number of rotatable bonds is 20. The van der Waals surface area contributed by atoms with Gasteiger partial charge in [-0.1, -0.05) is 90.9 Å². The van der Waals surface area contributed by atoms with E-state index in [1.54, 1.807) is 12.1 Å². The van der Waals surface area contributed by atoms with Gasteiger partial charge in [0.15, 0.2) is 6.10 Å². The number of carbonyl (C=O) groups excluding carboxylic acids is 2. The van der Waals surface area contributed by atoms with Crippen molar-refractivity contribution in [2.45, 2.75) is 117 Å². The minimum Gasteiger partial charge on any atom is -0.463 e. The van der Waals surface area contributed by atoms with Crippen LogP contribution in [0.4, 0.5) is 5.69 Å². The first kappa shape index (κ1) is 29.0. The van der Waals surface area contributed by atoms with Crippen molar-refractivity contribution in [1.82, 2.24) is 0 Å². The lowest BCUT2D eigenvalue weighted by atomic mass is 10.0. The van der Waals surface area contributed by atoms with Crippen LogP contribution in [0.25, 0.3) is 0 Å². The molecule has 5 heteroatoms. The van der Waals surface area contributed by atoms with Crippen LogP contribution in [-0.4, -0.2) is 31.2 Å². The van der Waals surface area contributed by atoms with E-state index < -0.39 is 18.0 Å². The van der Waals surface area contributed by atoms with Crippen molar-refractivity contribution in [3.05, 3.63) is 29.8 Å². The average Bonchev–Trinajstić information content (AvgIpc) is 2.83. The van der Waals surface area contributed by atoms with Crippen molar-refractivity contribution in [2.24, 2.45) is 0 Å². The van der Waals surface area contributed by atoms with Gasteiger partial charge in [-0.2, -0.15) is 0 Å². The lowest BCUT2D eigenvalue weighted by molar-refractivity contribution is -0.153. The molecule has 0 aliphatic rings. The van der Waals surface area contributed by atoms with E-state index in [1.807, 2.05) is 19.1 Å². The monoisotopic (exact) mass is 461 g/mol. The van der Waals surface area contributed by atoms with E-state index in [0.717, 1.165) is 25.1 Å². The lowest BCUT2D eigenvalue weighted by Crippen LogP contribution is -2.26. The van der Waals surface area contributed by atoms with E-state index in [4.69, 9.17) is 9.47 Å². The van der Waals surface area contributed by atoms with Crippen molar-refractivity contribution in [2.75, 3.05) is 18.5 Å². The maximum absolute atomic E-state index is 12.2. The second kappa shape index (κ2) is 19.4. The predicted octanol–water partition coefficient (Wildman–Crippen LogP) is 7.69. The summed E-state index contributed by atoms with van der Waals surface area (Å²) in [6.07, 6.45) is 17.4. The minimum atomic E-state index is -0.905. The third-order valence-corrected chi connectivity index (χ3v) is 5.79. The van der Waals surface area contributed by atoms with Gasteiger partial charge in [0, 0.05) is 12.2 Å². The molecular weight excluding hydrogens is 414 g/mol. The predicted molar refractivity (Wildman–Crippen MR) is 137 cm³/mol. The Hall–Kier alpha value is -2.04. The molecule has 0 saturated carbocycles. The van der Waals surface area contributed by atoms with Crippen LogP contribution in [0.1, 0.15) is 121 Å². The highest BCUT2D eigenvalue weighted by molar-refractivity contribution is 5.91. The number of nitrogens with one attached hydrogen (secondary N) is 1. The number of anilines is 1. The zero-order valence-electron chi connectivity index (χ0n) is 21.3. The molecule has 0 aromatic heterocycles. The maximum Gasteiger partial charge on any atom is 0.347 e. The summed E-state index contributed by atoms with van der Waals surface area (Å²) in [7, 11) is 0. The fourth-order valence-corrected chi connectivity index (χ4v) is 3.70. The Bertz CT molecular complexity index is 629. The third kappa shape index (κ3) is 14.7. The fraction of sp³-hybridized carbons (Fsp3) is 0.714. The number of unbranched alkanes of at least 4 members (excludes halogenated alkanes) is 12. The molecule has 33 heavy (non-hydrogen) atoms. The van der Waals surface area contributed by atoms with Gasteiger partial charge in [-0.05, 0) is 44.0 Å². The number of carbonyl (C=O) groups is 2. The van der Waals surface area contributed by atoms with Crippen LogP contribution in [0.3, 0.4) is 0 Å². The van der Waals surface area contributed by atoms with Crippen molar-refractivity contribution >= 4 is 17.6 Å². The summed E-state index contributed by atoms with van der Waals surface area (Å²) in [6.45, 7) is 6.98. The zero-order valence-corrected chi connectivity index (χ0v) is 21.3. The largest absolute Gasteiger partial charge is 0.463 e. The van der Waals surface area contributed by atoms with Gasteiger partial charge in [-0.3, -0.25) is 0 Å². The Kier molecular flexibility index (Phi) is 17.1. The summed E-state index contributed by atoms with van der Waals surface area (Å²) in [5.41, 5.74) is 1.41. The van der Waals surface area contributed by atoms with Crippen LogP contribution in [0, 0.1) is 0 Å². The molecule has 0 aliphatic carbocycles. The molecule has 0 bridgehead atoms. The normalized spacial score (nSPS) is 11.7. The molecule has 1 aromatic carbocycles. The molecule has 0 spiro atoms. The summed E-state index contributed by atoms with van der Waals surface area (Å²) in [5.74, 6) is -1.03. The van der Waals surface area contributed by atoms with E-state index in [9.17, 15) is 9.59 Å². The topological polar surface area (TPSA) is 64.6 Å².